The van der Waals surface area contributed by atoms with E-state index in [4.69, 9.17) is 4.74 Å². The maximum Gasteiger partial charge on any atom is 0.193 e. The molecule has 2 fully saturated rings. The maximum absolute atomic E-state index is 5.44. The van der Waals surface area contributed by atoms with Gasteiger partial charge in [-0.1, -0.05) is 19.3 Å². The summed E-state index contributed by atoms with van der Waals surface area (Å²) >= 11 is 0. The third-order valence-corrected chi connectivity index (χ3v) is 4.40. The first-order valence-corrected chi connectivity index (χ1v) is 7.79. The van der Waals surface area contributed by atoms with Gasteiger partial charge in [0.2, 0.25) is 0 Å². The Morgan fingerprint density at radius 3 is 2.63 bits per heavy atom. The molecule has 2 aliphatic rings. The second-order valence-corrected chi connectivity index (χ2v) is 6.04. The van der Waals surface area contributed by atoms with E-state index < -0.39 is 0 Å². The molecule has 2 rings (SSSR count). The summed E-state index contributed by atoms with van der Waals surface area (Å²) in [7, 11) is 4.01. The molecule has 1 atom stereocenters. The summed E-state index contributed by atoms with van der Waals surface area (Å²) in [5.74, 6) is 2.55. The summed E-state index contributed by atoms with van der Waals surface area (Å²) in [6, 6.07) is 0. The van der Waals surface area contributed by atoms with Gasteiger partial charge in [0.15, 0.2) is 5.96 Å². The van der Waals surface area contributed by atoms with Crippen LogP contribution in [0.1, 0.15) is 38.5 Å². The van der Waals surface area contributed by atoms with E-state index in [1.165, 1.54) is 38.5 Å². The van der Waals surface area contributed by atoms with Gasteiger partial charge in [-0.25, -0.2) is 0 Å². The van der Waals surface area contributed by atoms with Gasteiger partial charge in [0, 0.05) is 39.7 Å². The second-order valence-electron chi connectivity index (χ2n) is 6.04. The number of rotatable bonds is 4. The highest BCUT2D eigenvalue weighted by Crippen LogP contribution is 2.22. The van der Waals surface area contributed by atoms with E-state index >= 15 is 0 Å². The number of nitrogens with one attached hydrogen (secondary N) is 1. The summed E-state index contributed by atoms with van der Waals surface area (Å²) in [5, 5.41) is 3.55. The van der Waals surface area contributed by atoms with Crippen LogP contribution in [-0.2, 0) is 4.74 Å². The predicted octanol–water partition coefficient (Wildman–Crippen LogP) is 2.11. The third-order valence-electron chi connectivity index (χ3n) is 4.40. The van der Waals surface area contributed by atoms with Crippen molar-refractivity contribution in [2.45, 2.75) is 38.5 Å². The summed E-state index contributed by atoms with van der Waals surface area (Å²) in [5.41, 5.74) is 0. The van der Waals surface area contributed by atoms with Crippen LogP contribution in [-0.4, -0.2) is 51.3 Å². The largest absolute Gasteiger partial charge is 0.381 e. The van der Waals surface area contributed by atoms with Gasteiger partial charge in [0.05, 0.1) is 6.61 Å². The van der Waals surface area contributed by atoms with Gasteiger partial charge in [0.1, 0.15) is 0 Å². The highest BCUT2D eigenvalue weighted by atomic mass is 16.5. The normalized spacial score (nSPS) is 25.6. The molecule has 1 N–H and O–H groups in total. The Kier molecular flexibility index (Phi) is 5.95. The monoisotopic (exact) mass is 267 g/mol. The quantitative estimate of drug-likeness (QED) is 0.626. The molecule has 4 nitrogen and oxygen atoms in total. The summed E-state index contributed by atoms with van der Waals surface area (Å²) in [6.07, 6.45) is 8.17. The summed E-state index contributed by atoms with van der Waals surface area (Å²) < 4.78 is 5.44. The van der Waals surface area contributed by atoms with Crippen LogP contribution in [0, 0.1) is 11.8 Å². The fourth-order valence-electron chi connectivity index (χ4n) is 3.21. The molecule has 0 aromatic carbocycles. The zero-order chi connectivity index (χ0) is 13.5. The average Bonchev–Trinajstić information content (AvgIpc) is 2.93. The van der Waals surface area contributed by atoms with E-state index in [0.29, 0.717) is 5.92 Å². The Morgan fingerprint density at radius 2 is 2.00 bits per heavy atom. The van der Waals surface area contributed by atoms with Crippen LogP contribution in [0.5, 0.6) is 0 Å². The van der Waals surface area contributed by atoms with Crippen LogP contribution in [0.2, 0.25) is 0 Å². The zero-order valence-corrected chi connectivity index (χ0v) is 12.5. The maximum atomic E-state index is 5.44. The molecule has 4 heteroatoms. The van der Waals surface area contributed by atoms with Crippen molar-refractivity contribution in [2.24, 2.45) is 16.8 Å². The van der Waals surface area contributed by atoms with Gasteiger partial charge in [-0.15, -0.1) is 0 Å². The van der Waals surface area contributed by atoms with Crippen molar-refractivity contribution >= 4 is 5.96 Å². The van der Waals surface area contributed by atoms with Crippen molar-refractivity contribution in [3.63, 3.8) is 0 Å². The first-order valence-electron chi connectivity index (χ1n) is 7.79. The fourth-order valence-corrected chi connectivity index (χ4v) is 3.21. The van der Waals surface area contributed by atoms with Crippen molar-refractivity contribution in [3.8, 4) is 0 Å². The molecule has 1 aliphatic heterocycles. The SMILES string of the molecule is CN=C(NCC1CCCCC1)N(C)CC1CCOC1. The Balaban J connectivity index is 1.72. The van der Waals surface area contributed by atoms with Crippen molar-refractivity contribution in [1.82, 2.24) is 10.2 Å². The molecule has 1 unspecified atom stereocenters. The molecule has 0 bridgehead atoms. The first kappa shape index (κ1) is 14.6. The lowest BCUT2D eigenvalue weighted by atomic mass is 9.89. The van der Waals surface area contributed by atoms with Gasteiger partial charge < -0.3 is 15.0 Å². The van der Waals surface area contributed by atoms with E-state index in [9.17, 15) is 0 Å². The summed E-state index contributed by atoms with van der Waals surface area (Å²) in [6.45, 7) is 3.96. The van der Waals surface area contributed by atoms with Gasteiger partial charge in [0.25, 0.3) is 0 Å². The van der Waals surface area contributed by atoms with E-state index in [2.05, 4.69) is 22.3 Å². The Labute approximate surface area is 117 Å². The van der Waals surface area contributed by atoms with Crippen LogP contribution in [0.4, 0.5) is 0 Å². The lowest BCUT2D eigenvalue weighted by Crippen LogP contribution is -2.43. The minimum Gasteiger partial charge on any atom is -0.381 e. The lowest BCUT2D eigenvalue weighted by Gasteiger charge is -2.27. The second kappa shape index (κ2) is 7.73. The van der Waals surface area contributed by atoms with Crippen molar-refractivity contribution < 1.29 is 4.74 Å². The zero-order valence-electron chi connectivity index (χ0n) is 12.5. The van der Waals surface area contributed by atoms with Crippen LogP contribution in [0.25, 0.3) is 0 Å². The van der Waals surface area contributed by atoms with Crippen LogP contribution >= 0.6 is 0 Å². The average molecular weight is 267 g/mol. The van der Waals surface area contributed by atoms with Crippen molar-refractivity contribution in [1.29, 1.82) is 0 Å². The highest BCUT2D eigenvalue weighted by molar-refractivity contribution is 5.79. The number of ether oxygens (including phenoxy) is 1. The van der Waals surface area contributed by atoms with Crippen molar-refractivity contribution in [3.05, 3.63) is 0 Å². The van der Waals surface area contributed by atoms with Gasteiger partial charge >= 0.3 is 0 Å². The number of hydrogen-bond donors (Lipinski definition) is 1. The Morgan fingerprint density at radius 1 is 1.21 bits per heavy atom. The number of aliphatic imine (C=N–C) groups is 1. The summed E-state index contributed by atoms with van der Waals surface area (Å²) in [4.78, 5) is 6.66. The smallest absolute Gasteiger partial charge is 0.193 e. The van der Waals surface area contributed by atoms with E-state index in [0.717, 1.165) is 38.2 Å². The predicted molar refractivity (Wildman–Crippen MR) is 79.5 cm³/mol. The minimum absolute atomic E-state index is 0.665. The van der Waals surface area contributed by atoms with Gasteiger partial charge in [-0.2, -0.15) is 0 Å². The minimum atomic E-state index is 0.665. The molecule has 1 aliphatic carbocycles. The number of hydrogen-bond acceptors (Lipinski definition) is 2. The Bertz CT molecular complexity index is 281. The molecule has 1 heterocycles. The molecular formula is C15H29N3O. The molecule has 0 aromatic rings. The number of nitrogens with zero attached hydrogens (tertiary/aromatic N) is 2. The molecule has 0 radical (unpaired) electrons. The fraction of sp³-hybridized carbons (Fsp3) is 0.933. The van der Waals surface area contributed by atoms with E-state index in [1.54, 1.807) is 0 Å². The first-order chi connectivity index (χ1) is 9.29. The van der Waals surface area contributed by atoms with E-state index in [1.807, 2.05) is 7.05 Å². The lowest BCUT2D eigenvalue weighted by molar-refractivity contribution is 0.181. The molecule has 0 spiro atoms. The molecule has 1 saturated heterocycles. The molecule has 19 heavy (non-hydrogen) atoms. The highest BCUT2D eigenvalue weighted by Gasteiger charge is 2.20. The van der Waals surface area contributed by atoms with Crippen LogP contribution < -0.4 is 5.32 Å². The standard InChI is InChI=1S/C15H29N3O/c1-16-15(17-10-13-6-4-3-5-7-13)18(2)11-14-8-9-19-12-14/h13-14H,3-12H2,1-2H3,(H,16,17). The molecule has 0 aromatic heterocycles. The van der Waals surface area contributed by atoms with Gasteiger partial charge in [-0.3, -0.25) is 4.99 Å². The molecule has 110 valence electrons. The topological polar surface area (TPSA) is 36.9 Å². The van der Waals surface area contributed by atoms with Gasteiger partial charge in [-0.05, 0) is 25.2 Å². The number of guanidine groups is 1. The molecule has 1 saturated carbocycles. The van der Waals surface area contributed by atoms with Crippen LogP contribution in [0.3, 0.4) is 0 Å². The third kappa shape index (κ3) is 4.68. The Hall–Kier alpha value is -0.770. The van der Waals surface area contributed by atoms with E-state index in [-0.39, 0.29) is 0 Å². The van der Waals surface area contributed by atoms with Crippen molar-refractivity contribution in [2.75, 3.05) is 40.4 Å². The van der Waals surface area contributed by atoms with Crippen LogP contribution in [0.15, 0.2) is 4.99 Å². The molecule has 0 amide bonds. The molecular weight excluding hydrogens is 238 g/mol.